The number of thiocarbonyl (C=S) groups is 1. The highest BCUT2D eigenvalue weighted by molar-refractivity contribution is 7.80. The number of ether oxygens (including phenoxy) is 1. The van der Waals surface area contributed by atoms with Crippen LogP contribution in [0, 0.1) is 5.82 Å². The van der Waals surface area contributed by atoms with Gasteiger partial charge in [-0.05, 0) is 30.4 Å². The van der Waals surface area contributed by atoms with Crippen LogP contribution in [0.4, 0.5) is 20.6 Å². The summed E-state index contributed by atoms with van der Waals surface area (Å²) in [5, 5.41) is 12.5. The number of piperazine rings is 1. The van der Waals surface area contributed by atoms with E-state index >= 15 is 0 Å². The van der Waals surface area contributed by atoms with E-state index in [1.165, 1.54) is 11.0 Å². The van der Waals surface area contributed by atoms with Gasteiger partial charge in [-0.2, -0.15) is 0 Å². The number of benzene rings is 1. The van der Waals surface area contributed by atoms with Gasteiger partial charge in [-0.1, -0.05) is 0 Å². The standard InChI is InChI=1S/C19H26FN5O4S/c1-22(2)18(30)21-10-14-11-25(19(28)29-14)13-3-4-16(15(20)9-13)23-5-7-24(8-6-23)17(27)12-26/h3-4,9,14,26H,5-8,10-12H2,1-2H3,(H,21,30). The zero-order valence-corrected chi connectivity index (χ0v) is 17.8. The number of nitrogens with zero attached hydrogens (tertiary/aromatic N) is 4. The molecule has 2 N–H and O–H groups in total. The van der Waals surface area contributed by atoms with Gasteiger partial charge in [-0.25, -0.2) is 9.18 Å². The summed E-state index contributed by atoms with van der Waals surface area (Å²) >= 11 is 5.16. The van der Waals surface area contributed by atoms with Crippen molar-refractivity contribution in [1.82, 2.24) is 15.1 Å². The minimum Gasteiger partial charge on any atom is -0.442 e. The molecule has 9 nitrogen and oxygen atoms in total. The molecule has 0 saturated carbocycles. The van der Waals surface area contributed by atoms with Crippen LogP contribution >= 0.6 is 12.2 Å². The molecule has 1 aromatic carbocycles. The summed E-state index contributed by atoms with van der Waals surface area (Å²) in [7, 11) is 3.63. The summed E-state index contributed by atoms with van der Waals surface area (Å²) in [4.78, 5) is 30.3. The minimum absolute atomic E-state index is 0.294. The Hall–Kier alpha value is -2.66. The Morgan fingerprint density at radius 2 is 2.03 bits per heavy atom. The molecule has 2 amide bonds. The summed E-state index contributed by atoms with van der Waals surface area (Å²) < 4.78 is 20.1. The number of carbonyl (C=O) groups excluding carboxylic acids is 2. The first kappa shape index (κ1) is 22.0. The van der Waals surface area contributed by atoms with Gasteiger partial charge in [0, 0.05) is 40.3 Å². The number of anilines is 2. The van der Waals surface area contributed by atoms with Crippen molar-refractivity contribution in [1.29, 1.82) is 0 Å². The van der Waals surface area contributed by atoms with E-state index in [9.17, 15) is 14.0 Å². The number of hydrogen-bond acceptors (Lipinski definition) is 6. The maximum Gasteiger partial charge on any atom is 0.414 e. The van der Waals surface area contributed by atoms with Crippen LogP contribution in [0.1, 0.15) is 0 Å². The highest BCUT2D eigenvalue weighted by atomic mass is 32.1. The minimum atomic E-state index is -0.527. The SMILES string of the molecule is CN(C)C(=S)NCC1CN(c2ccc(N3CCN(C(=O)CO)CC3)c(F)c2)C(=O)O1. The first-order chi connectivity index (χ1) is 14.3. The molecule has 2 heterocycles. The van der Waals surface area contributed by atoms with Gasteiger partial charge in [0.25, 0.3) is 0 Å². The highest BCUT2D eigenvalue weighted by Gasteiger charge is 2.33. The van der Waals surface area contributed by atoms with E-state index in [4.69, 9.17) is 22.1 Å². The molecule has 0 aliphatic carbocycles. The number of nitrogens with one attached hydrogen (secondary N) is 1. The van der Waals surface area contributed by atoms with Crippen LogP contribution in [0.3, 0.4) is 0 Å². The molecular weight excluding hydrogens is 413 g/mol. The van der Waals surface area contributed by atoms with Crippen molar-refractivity contribution in [3.05, 3.63) is 24.0 Å². The smallest absolute Gasteiger partial charge is 0.414 e. The maximum absolute atomic E-state index is 14.8. The van der Waals surface area contributed by atoms with Gasteiger partial charge < -0.3 is 29.9 Å². The van der Waals surface area contributed by atoms with Crippen LogP contribution < -0.4 is 15.1 Å². The number of halogens is 1. The Morgan fingerprint density at radius 3 is 2.63 bits per heavy atom. The Kier molecular flexibility index (Phi) is 6.93. The third-order valence-corrected chi connectivity index (χ3v) is 5.62. The number of carbonyl (C=O) groups is 2. The predicted molar refractivity (Wildman–Crippen MR) is 114 cm³/mol. The van der Waals surface area contributed by atoms with Gasteiger partial charge in [0.15, 0.2) is 5.11 Å². The fraction of sp³-hybridized carbons (Fsp3) is 0.526. The molecule has 0 bridgehead atoms. The molecule has 1 atom stereocenters. The average Bonchev–Trinajstić information content (AvgIpc) is 3.12. The summed E-state index contributed by atoms with van der Waals surface area (Å²) in [5.41, 5.74) is 0.838. The largest absolute Gasteiger partial charge is 0.442 e. The van der Waals surface area contributed by atoms with Gasteiger partial charge in [-0.3, -0.25) is 9.69 Å². The highest BCUT2D eigenvalue weighted by Crippen LogP contribution is 2.28. The first-order valence-corrected chi connectivity index (χ1v) is 10.1. The Morgan fingerprint density at radius 1 is 1.33 bits per heavy atom. The lowest BCUT2D eigenvalue weighted by Crippen LogP contribution is -2.49. The quantitative estimate of drug-likeness (QED) is 0.631. The molecule has 11 heteroatoms. The molecule has 0 spiro atoms. The molecular formula is C19H26FN5O4S. The van der Waals surface area contributed by atoms with Crippen LogP contribution in [0.2, 0.25) is 0 Å². The average molecular weight is 440 g/mol. The van der Waals surface area contributed by atoms with Crippen LogP contribution in [0.5, 0.6) is 0 Å². The molecule has 2 aliphatic heterocycles. The lowest BCUT2D eigenvalue weighted by molar-refractivity contribution is -0.134. The normalized spacial score (nSPS) is 19.0. The number of amides is 2. The third kappa shape index (κ3) is 4.90. The van der Waals surface area contributed by atoms with Crippen molar-refractivity contribution in [3.63, 3.8) is 0 Å². The molecule has 2 aliphatic rings. The fourth-order valence-corrected chi connectivity index (χ4v) is 3.50. The molecule has 164 valence electrons. The Labute approximate surface area is 180 Å². The Bertz CT molecular complexity index is 816. The number of aliphatic hydroxyl groups is 1. The summed E-state index contributed by atoms with van der Waals surface area (Å²) in [5.74, 6) is -0.772. The number of cyclic esters (lactones) is 1. The first-order valence-electron chi connectivity index (χ1n) is 9.66. The van der Waals surface area contributed by atoms with Crippen LogP contribution in [-0.2, 0) is 9.53 Å². The van der Waals surface area contributed by atoms with E-state index in [0.717, 1.165) is 0 Å². The van der Waals surface area contributed by atoms with Crippen molar-refractivity contribution in [3.8, 4) is 0 Å². The van der Waals surface area contributed by atoms with E-state index in [2.05, 4.69) is 5.32 Å². The van der Waals surface area contributed by atoms with Gasteiger partial charge in [0.05, 0.1) is 24.5 Å². The number of rotatable bonds is 5. The monoisotopic (exact) mass is 439 g/mol. The molecule has 0 aromatic heterocycles. The van der Waals surface area contributed by atoms with Crippen molar-refractivity contribution in [2.45, 2.75) is 6.10 Å². The Balaban J connectivity index is 1.61. The van der Waals surface area contributed by atoms with Crippen molar-refractivity contribution >= 4 is 40.7 Å². The van der Waals surface area contributed by atoms with Gasteiger partial charge in [-0.15, -0.1) is 0 Å². The van der Waals surface area contributed by atoms with E-state index < -0.39 is 24.6 Å². The predicted octanol–water partition coefficient (Wildman–Crippen LogP) is 0.228. The van der Waals surface area contributed by atoms with Crippen molar-refractivity contribution < 1.29 is 23.8 Å². The second-order valence-electron chi connectivity index (χ2n) is 7.36. The lowest BCUT2D eigenvalue weighted by atomic mass is 10.2. The molecule has 3 rings (SSSR count). The third-order valence-electron chi connectivity index (χ3n) is 5.11. The van der Waals surface area contributed by atoms with Crippen molar-refractivity contribution in [2.75, 3.05) is 69.8 Å². The van der Waals surface area contributed by atoms with E-state index in [1.807, 2.05) is 19.0 Å². The molecule has 0 radical (unpaired) electrons. The maximum atomic E-state index is 14.8. The lowest BCUT2D eigenvalue weighted by Gasteiger charge is -2.36. The molecule has 2 saturated heterocycles. The van der Waals surface area contributed by atoms with Crippen molar-refractivity contribution in [2.24, 2.45) is 0 Å². The van der Waals surface area contributed by atoms with E-state index in [-0.39, 0.29) is 5.91 Å². The molecule has 1 unspecified atom stereocenters. The van der Waals surface area contributed by atoms with Gasteiger partial charge >= 0.3 is 6.09 Å². The topological polar surface area (TPSA) is 88.6 Å². The summed E-state index contributed by atoms with van der Waals surface area (Å²) in [6, 6.07) is 4.64. The van der Waals surface area contributed by atoms with Crippen LogP contribution in [0.25, 0.3) is 0 Å². The fourth-order valence-electron chi connectivity index (χ4n) is 3.41. The number of aliphatic hydroxyl groups excluding tert-OH is 1. The van der Waals surface area contributed by atoms with Gasteiger partial charge in [0.1, 0.15) is 18.5 Å². The molecule has 1 aromatic rings. The van der Waals surface area contributed by atoms with Gasteiger partial charge in [0.2, 0.25) is 5.91 Å². The summed E-state index contributed by atoms with van der Waals surface area (Å²) in [6.45, 7) is 1.91. The zero-order valence-electron chi connectivity index (χ0n) is 17.0. The van der Waals surface area contributed by atoms with E-state index in [1.54, 1.807) is 21.9 Å². The number of hydrogen-bond donors (Lipinski definition) is 2. The second kappa shape index (κ2) is 9.43. The molecule has 30 heavy (non-hydrogen) atoms. The second-order valence-corrected chi connectivity index (χ2v) is 7.75. The van der Waals surface area contributed by atoms with Crippen LogP contribution in [-0.4, -0.2) is 98.1 Å². The molecule has 2 fully saturated rings. The van der Waals surface area contributed by atoms with E-state index in [0.29, 0.717) is 55.8 Å². The van der Waals surface area contributed by atoms with Crippen LogP contribution in [0.15, 0.2) is 18.2 Å². The summed E-state index contributed by atoms with van der Waals surface area (Å²) in [6.07, 6.45) is -0.920. The zero-order chi connectivity index (χ0) is 21.8.